The number of carbonyl (C=O) groups excluding carboxylic acids is 1. The molecule has 124 valence electrons. The molecule has 0 aliphatic rings. The summed E-state index contributed by atoms with van der Waals surface area (Å²) in [6, 6.07) is -0.503. The van der Waals surface area contributed by atoms with E-state index >= 15 is 0 Å². The monoisotopic (exact) mass is 301 g/mol. The minimum atomic E-state index is -0.503. The fraction of sp³-hybridized carbons (Fsp3) is 0.846. The van der Waals surface area contributed by atoms with Gasteiger partial charge >= 0.3 is 0 Å². The highest BCUT2D eigenvalue weighted by Gasteiger charge is 2.11. The van der Waals surface area contributed by atoms with Crippen LogP contribution in [0.2, 0.25) is 0 Å². The van der Waals surface area contributed by atoms with Crippen molar-refractivity contribution < 1.29 is 4.79 Å². The van der Waals surface area contributed by atoms with Crippen molar-refractivity contribution in [3.63, 3.8) is 0 Å². The maximum atomic E-state index is 11.7. The summed E-state index contributed by atoms with van der Waals surface area (Å²) >= 11 is 0. The van der Waals surface area contributed by atoms with Crippen LogP contribution in [0.25, 0.3) is 0 Å². The first kappa shape index (κ1) is 19.6. The highest BCUT2D eigenvalue weighted by atomic mass is 16.2. The van der Waals surface area contributed by atoms with Crippen molar-refractivity contribution in [2.24, 2.45) is 27.9 Å². The van der Waals surface area contributed by atoms with Crippen molar-refractivity contribution in [3.8, 4) is 0 Å². The number of aliphatic imine (C=N–C) groups is 1. The number of nitrogens with zero attached hydrogens (tertiary/aromatic N) is 1. The molecule has 21 heavy (non-hydrogen) atoms. The summed E-state index contributed by atoms with van der Waals surface area (Å²) in [5, 5.41) is 6.12. The van der Waals surface area contributed by atoms with E-state index in [0.29, 0.717) is 25.9 Å². The highest BCUT2D eigenvalue weighted by molar-refractivity contribution is 5.81. The van der Waals surface area contributed by atoms with Gasteiger partial charge in [-0.25, -0.2) is 0 Å². The Morgan fingerprint density at radius 2 is 1.76 bits per heavy atom. The van der Waals surface area contributed by atoms with E-state index in [1.165, 1.54) is 0 Å². The molecular weight excluding hydrogens is 270 g/mol. The molecule has 0 aromatic carbocycles. The number of unbranched alkanes of at least 4 members (excludes halogenated alkanes) is 1. The van der Waals surface area contributed by atoms with Crippen LogP contribution in [0.3, 0.4) is 0 Å². The second-order valence-electron chi connectivity index (χ2n) is 4.95. The SMILES string of the molecule is NCCCCNCCCNC(=O)C(N)CCCN=C(N)N. The van der Waals surface area contributed by atoms with E-state index in [1.54, 1.807) is 0 Å². The zero-order chi connectivity index (χ0) is 15.9. The smallest absolute Gasteiger partial charge is 0.236 e. The quantitative estimate of drug-likeness (QED) is 0.134. The number of nitrogens with one attached hydrogen (secondary N) is 2. The summed E-state index contributed by atoms with van der Waals surface area (Å²) in [5.41, 5.74) is 21.6. The first-order chi connectivity index (χ1) is 10.1. The van der Waals surface area contributed by atoms with Crippen molar-refractivity contribution in [2.75, 3.05) is 32.7 Å². The van der Waals surface area contributed by atoms with E-state index in [-0.39, 0.29) is 11.9 Å². The molecule has 1 amide bonds. The Bertz CT molecular complexity index is 292. The molecule has 0 aromatic rings. The van der Waals surface area contributed by atoms with Gasteiger partial charge in [0.25, 0.3) is 0 Å². The highest BCUT2D eigenvalue weighted by Crippen LogP contribution is 1.95. The molecule has 8 heteroatoms. The van der Waals surface area contributed by atoms with Gasteiger partial charge in [-0.1, -0.05) is 0 Å². The van der Waals surface area contributed by atoms with E-state index < -0.39 is 6.04 Å². The van der Waals surface area contributed by atoms with Crippen LogP contribution in [0.5, 0.6) is 0 Å². The molecule has 0 aliphatic carbocycles. The van der Waals surface area contributed by atoms with Gasteiger partial charge < -0.3 is 33.6 Å². The molecule has 0 saturated carbocycles. The standard InChI is InChI=1S/C13H31N7O/c14-6-1-2-7-18-8-4-10-19-12(21)11(15)5-3-9-20-13(16)17/h11,18H,1-10,14-15H2,(H,19,21)(H4,16,17,20). The molecule has 1 atom stereocenters. The Morgan fingerprint density at radius 3 is 2.43 bits per heavy atom. The van der Waals surface area contributed by atoms with Crippen LogP contribution in [-0.4, -0.2) is 50.6 Å². The number of nitrogens with two attached hydrogens (primary N) is 4. The zero-order valence-electron chi connectivity index (χ0n) is 12.8. The van der Waals surface area contributed by atoms with Gasteiger partial charge in [-0.3, -0.25) is 9.79 Å². The van der Waals surface area contributed by atoms with Gasteiger partial charge in [-0.05, 0) is 51.7 Å². The molecular formula is C13H31N7O. The molecule has 0 bridgehead atoms. The van der Waals surface area contributed by atoms with Crippen LogP contribution >= 0.6 is 0 Å². The lowest BCUT2D eigenvalue weighted by Gasteiger charge is -2.11. The van der Waals surface area contributed by atoms with Gasteiger partial charge in [0, 0.05) is 13.1 Å². The molecule has 0 spiro atoms. The van der Waals surface area contributed by atoms with Crippen molar-refractivity contribution in [3.05, 3.63) is 0 Å². The zero-order valence-corrected chi connectivity index (χ0v) is 12.8. The predicted octanol–water partition coefficient (Wildman–Crippen LogP) is -1.80. The van der Waals surface area contributed by atoms with Crippen LogP contribution in [0.15, 0.2) is 4.99 Å². The molecule has 0 aliphatic heterocycles. The lowest BCUT2D eigenvalue weighted by Crippen LogP contribution is -2.41. The molecule has 0 saturated heterocycles. The lowest BCUT2D eigenvalue weighted by atomic mass is 10.1. The Morgan fingerprint density at radius 1 is 1.05 bits per heavy atom. The number of rotatable bonds is 13. The van der Waals surface area contributed by atoms with Gasteiger partial charge in [0.1, 0.15) is 0 Å². The van der Waals surface area contributed by atoms with E-state index in [1.807, 2.05) is 0 Å². The Balaban J connectivity index is 3.45. The predicted molar refractivity (Wildman–Crippen MR) is 86.7 cm³/mol. The topological polar surface area (TPSA) is 158 Å². The van der Waals surface area contributed by atoms with Crippen LogP contribution in [0, 0.1) is 0 Å². The van der Waals surface area contributed by atoms with Gasteiger partial charge in [0.2, 0.25) is 5.91 Å². The van der Waals surface area contributed by atoms with Crippen molar-refractivity contribution in [1.29, 1.82) is 0 Å². The number of hydrogen-bond donors (Lipinski definition) is 6. The average Bonchev–Trinajstić information content (AvgIpc) is 2.45. The number of hydrogen-bond acceptors (Lipinski definition) is 5. The van der Waals surface area contributed by atoms with Crippen molar-refractivity contribution >= 4 is 11.9 Å². The average molecular weight is 301 g/mol. The number of guanidine groups is 1. The van der Waals surface area contributed by atoms with Gasteiger partial charge in [0.05, 0.1) is 6.04 Å². The van der Waals surface area contributed by atoms with Gasteiger partial charge in [-0.2, -0.15) is 0 Å². The van der Waals surface area contributed by atoms with Crippen molar-refractivity contribution in [2.45, 2.75) is 38.1 Å². The van der Waals surface area contributed by atoms with E-state index in [4.69, 9.17) is 22.9 Å². The molecule has 0 heterocycles. The first-order valence-corrected chi connectivity index (χ1v) is 7.57. The third-order valence-electron chi connectivity index (χ3n) is 2.94. The second-order valence-corrected chi connectivity index (χ2v) is 4.95. The fourth-order valence-electron chi connectivity index (χ4n) is 1.73. The Labute approximate surface area is 127 Å². The molecule has 10 N–H and O–H groups in total. The number of carbonyl (C=O) groups is 1. The summed E-state index contributed by atoms with van der Waals surface area (Å²) in [6.07, 6.45) is 4.27. The van der Waals surface area contributed by atoms with E-state index in [0.717, 1.165) is 38.9 Å². The summed E-state index contributed by atoms with van der Waals surface area (Å²) in [5.74, 6) is -0.0604. The molecule has 0 fully saturated rings. The molecule has 1 unspecified atom stereocenters. The summed E-state index contributed by atoms with van der Waals surface area (Å²) in [7, 11) is 0. The van der Waals surface area contributed by atoms with Gasteiger partial charge in [0.15, 0.2) is 5.96 Å². The lowest BCUT2D eigenvalue weighted by molar-refractivity contribution is -0.122. The van der Waals surface area contributed by atoms with E-state index in [2.05, 4.69) is 15.6 Å². The summed E-state index contributed by atoms with van der Waals surface area (Å²) in [6.45, 7) is 3.71. The second kappa shape index (κ2) is 13.6. The molecule has 0 radical (unpaired) electrons. The van der Waals surface area contributed by atoms with Crippen LogP contribution in [-0.2, 0) is 4.79 Å². The molecule has 8 nitrogen and oxygen atoms in total. The Hall–Kier alpha value is -1.38. The largest absolute Gasteiger partial charge is 0.370 e. The van der Waals surface area contributed by atoms with Crippen LogP contribution < -0.4 is 33.6 Å². The fourth-order valence-corrected chi connectivity index (χ4v) is 1.73. The third kappa shape index (κ3) is 13.4. The van der Waals surface area contributed by atoms with Crippen LogP contribution in [0.4, 0.5) is 0 Å². The van der Waals surface area contributed by atoms with Gasteiger partial charge in [-0.15, -0.1) is 0 Å². The summed E-state index contributed by atoms with van der Waals surface area (Å²) in [4.78, 5) is 15.5. The molecule has 0 aromatic heterocycles. The Kier molecular flexibility index (Phi) is 12.7. The van der Waals surface area contributed by atoms with Crippen LogP contribution in [0.1, 0.15) is 32.1 Å². The van der Waals surface area contributed by atoms with E-state index in [9.17, 15) is 4.79 Å². The third-order valence-corrected chi connectivity index (χ3v) is 2.94. The maximum absolute atomic E-state index is 11.7. The minimum absolute atomic E-state index is 0.0620. The first-order valence-electron chi connectivity index (χ1n) is 7.57. The normalized spacial score (nSPS) is 11.9. The number of amides is 1. The maximum Gasteiger partial charge on any atom is 0.236 e. The minimum Gasteiger partial charge on any atom is -0.370 e. The van der Waals surface area contributed by atoms with Crippen molar-refractivity contribution in [1.82, 2.24) is 10.6 Å². The summed E-state index contributed by atoms with van der Waals surface area (Å²) < 4.78 is 0. The molecule has 0 rings (SSSR count).